The van der Waals surface area contributed by atoms with Crippen molar-refractivity contribution in [3.63, 3.8) is 0 Å². The standard InChI is InChI=1S/C17H19N3O4S2/c1-3-24-14(21)8-13-9-25-17(20-13)26-10(2)16(23)19-12-6-4-11(5-7-12)15(18)22/h4-7,9-10H,3,8H2,1-2H3,(H2,18,22)(H,19,23)/t10-/m1/s1. The van der Waals surface area contributed by atoms with Gasteiger partial charge in [0, 0.05) is 16.6 Å². The first kappa shape index (κ1) is 19.9. The maximum atomic E-state index is 12.3. The van der Waals surface area contributed by atoms with Gasteiger partial charge in [-0.25, -0.2) is 4.98 Å². The molecule has 0 aliphatic carbocycles. The van der Waals surface area contributed by atoms with Crippen molar-refractivity contribution in [2.24, 2.45) is 5.73 Å². The van der Waals surface area contributed by atoms with Gasteiger partial charge in [-0.15, -0.1) is 11.3 Å². The van der Waals surface area contributed by atoms with Crippen molar-refractivity contribution in [3.8, 4) is 0 Å². The SMILES string of the molecule is CCOC(=O)Cc1csc(S[C@H](C)C(=O)Nc2ccc(C(N)=O)cc2)n1. The van der Waals surface area contributed by atoms with Crippen LogP contribution in [0, 0.1) is 0 Å². The summed E-state index contributed by atoms with van der Waals surface area (Å²) in [6.07, 6.45) is 0.123. The first-order chi connectivity index (χ1) is 12.4. The zero-order valence-corrected chi connectivity index (χ0v) is 16.0. The third-order valence-corrected chi connectivity index (χ3v) is 5.37. The van der Waals surface area contributed by atoms with Crippen LogP contribution in [-0.2, 0) is 20.7 Å². The Kier molecular flexibility index (Phi) is 7.16. The molecule has 0 bridgehead atoms. The van der Waals surface area contributed by atoms with E-state index in [2.05, 4.69) is 10.3 Å². The highest BCUT2D eigenvalue weighted by Gasteiger charge is 2.17. The van der Waals surface area contributed by atoms with Crippen LogP contribution >= 0.6 is 23.1 Å². The zero-order valence-electron chi connectivity index (χ0n) is 14.4. The number of nitrogens with zero attached hydrogens (tertiary/aromatic N) is 1. The average Bonchev–Trinajstić information content (AvgIpc) is 3.02. The number of esters is 1. The average molecular weight is 393 g/mol. The number of rotatable bonds is 8. The van der Waals surface area contributed by atoms with Gasteiger partial charge in [0.1, 0.15) is 0 Å². The third-order valence-electron chi connectivity index (χ3n) is 3.25. The molecule has 0 spiro atoms. The summed E-state index contributed by atoms with van der Waals surface area (Å²) in [5.74, 6) is -1.03. The Balaban J connectivity index is 1.89. The number of carbonyl (C=O) groups excluding carboxylic acids is 3. The molecular formula is C17H19N3O4S2. The van der Waals surface area contributed by atoms with E-state index in [-0.39, 0.29) is 23.5 Å². The van der Waals surface area contributed by atoms with Gasteiger partial charge < -0.3 is 15.8 Å². The normalized spacial score (nSPS) is 11.6. The van der Waals surface area contributed by atoms with Crippen LogP contribution in [0.4, 0.5) is 5.69 Å². The van der Waals surface area contributed by atoms with E-state index in [0.717, 1.165) is 0 Å². The number of thioether (sulfide) groups is 1. The molecular weight excluding hydrogens is 374 g/mol. The molecule has 1 aromatic heterocycles. The van der Waals surface area contributed by atoms with Crippen molar-refractivity contribution in [2.75, 3.05) is 11.9 Å². The van der Waals surface area contributed by atoms with Gasteiger partial charge in [-0.2, -0.15) is 0 Å². The molecule has 0 saturated carbocycles. The molecule has 0 aliphatic rings. The molecule has 2 amide bonds. The van der Waals surface area contributed by atoms with E-state index in [1.54, 1.807) is 43.5 Å². The molecule has 0 aliphatic heterocycles. The van der Waals surface area contributed by atoms with Crippen molar-refractivity contribution in [1.29, 1.82) is 0 Å². The van der Waals surface area contributed by atoms with Crippen LogP contribution < -0.4 is 11.1 Å². The maximum absolute atomic E-state index is 12.3. The summed E-state index contributed by atoms with van der Waals surface area (Å²) in [6, 6.07) is 6.35. The van der Waals surface area contributed by atoms with Crippen LogP contribution in [0.25, 0.3) is 0 Å². The number of hydrogen-bond acceptors (Lipinski definition) is 7. The Hall–Kier alpha value is -2.39. The van der Waals surface area contributed by atoms with Crippen molar-refractivity contribution in [1.82, 2.24) is 4.98 Å². The fourth-order valence-electron chi connectivity index (χ4n) is 1.95. The van der Waals surface area contributed by atoms with Gasteiger partial charge in [-0.1, -0.05) is 11.8 Å². The third kappa shape index (κ3) is 5.85. The van der Waals surface area contributed by atoms with Gasteiger partial charge in [0.15, 0.2) is 4.34 Å². The Morgan fingerprint density at radius 3 is 2.62 bits per heavy atom. The summed E-state index contributed by atoms with van der Waals surface area (Å²) < 4.78 is 5.59. The molecule has 7 nitrogen and oxygen atoms in total. The second-order valence-electron chi connectivity index (χ2n) is 5.28. The quantitative estimate of drug-likeness (QED) is 0.526. The Labute approximate surface area is 159 Å². The summed E-state index contributed by atoms with van der Waals surface area (Å²) in [5, 5.41) is 4.18. The van der Waals surface area contributed by atoms with Crippen LogP contribution in [0.3, 0.4) is 0 Å². The number of thiazole rings is 1. The minimum absolute atomic E-state index is 0.123. The molecule has 3 N–H and O–H groups in total. The Bertz CT molecular complexity index is 790. The minimum atomic E-state index is -0.519. The first-order valence-electron chi connectivity index (χ1n) is 7.86. The Morgan fingerprint density at radius 1 is 1.31 bits per heavy atom. The smallest absolute Gasteiger partial charge is 0.311 e. The molecule has 1 atom stereocenters. The molecule has 1 aromatic carbocycles. The van der Waals surface area contributed by atoms with Crippen LogP contribution in [0.15, 0.2) is 34.0 Å². The number of ether oxygens (including phenoxy) is 1. The first-order valence-corrected chi connectivity index (χ1v) is 9.62. The molecule has 0 radical (unpaired) electrons. The monoisotopic (exact) mass is 393 g/mol. The van der Waals surface area contributed by atoms with Gasteiger partial charge >= 0.3 is 5.97 Å². The van der Waals surface area contributed by atoms with E-state index < -0.39 is 5.91 Å². The number of anilines is 1. The summed E-state index contributed by atoms with van der Waals surface area (Å²) in [4.78, 5) is 39.1. The lowest BCUT2D eigenvalue weighted by atomic mass is 10.2. The number of benzene rings is 1. The van der Waals surface area contributed by atoms with Crippen LogP contribution in [-0.4, -0.2) is 34.6 Å². The van der Waals surface area contributed by atoms with Crippen LogP contribution in [0.5, 0.6) is 0 Å². The van der Waals surface area contributed by atoms with E-state index in [1.165, 1.54) is 23.1 Å². The highest BCUT2D eigenvalue weighted by molar-refractivity contribution is 8.02. The van der Waals surface area contributed by atoms with Gasteiger partial charge in [0.05, 0.1) is 24.0 Å². The molecule has 2 rings (SSSR count). The highest BCUT2D eigenvalue weighted by Crippen LogP contribution is 2.27. The van der Waals surface area contributed by atoms with Crippen molar-refractivity contribution in [3.05, 3.63) is 40.9 Å². The second-order valence-corrected chi connectivity index (χ2v) is 7.72. The predicted molar refractivity (Wildman–Crippen MR) is 101 cm³/mol. The van der Waals surface area contributed by atoms with E-state index in [9.17, 15) is 14.4 Å². The number of primary amides is 1. The number of nitrogens with one attached hydrogen (secondary N) is 1. The van der Waals surface area contributed by atoms with Crippen LogP contribution in [0.2, 0.25) is 0 Å². The molecule has 1 heterocycles. The molecule has 9 heteroatoms. The lowest BCUT2D eigenvalue weighted by molar-refractivity contribution is -0.142. The van der Waals surface area contributed by atoms with Gasteiger partial charge in [0.2, 0.25) is 11.8 Å². The minimum Gasteiger partial charge on any atom is -0.466 e. The number of amides is 2. The zero-order chi connectivity index (χ0) is 19.1. The molecule has 2 aromatic rings. The molecule has 138 valence electrons. The van der Waals surface area contributed by atoms with E-state index >= 15 is 0 Å². The predicted octanol–water partition coefficient (Wildman–Crippen LogP) is 2.47. The molecule has 0 unspecified atom stereocenters. The van der Waals surface area contributed by atoms with E-state index in [1.807, 2.05) is 0 Å². The molecule has 0 saturated heterocycles. The summed E-state index contributed by atoms with van der Waals surface area (Å²) >= 11 is 2.69. The number of aromatic nitrogens is 1. The van der Waals surface area contributed by atoms with E-state index in [0.29, 0.717) is 27.9 Å². The lowest BCUT2D eigenvalue weighted by Crippen LogP contribution is -2.22. The largest absolute Gasteiger partial charge is 0.466 e. The van der Waals surface area contributed by atoms with E-state index in [4.69, 9.17) is 10.5 Å². The summed E-state index contributed by atoms with van der Waals surface area (Å²) in [7, 11) is 0. The summed E-state index contributed by atoms with van der Waals surface area (Å²) in [6.45, 7) is 3.86. The van der Waals surface area contributed by atoms with Crippen molar-refractivity contribution < 1.29 is 19.1 Å². The number of nitrogens with two attached hydrogens (primary N) is 1. The van der Waals surface area contributed by atoms with Gasteiger partial charge in [0.25, 0.3) is 0 Å². The second kappa shape index (κ2) is 9.35. The Morgan fingerprint density at radius 2 is 2.00 bits per heavy atom. The fourth-order valence-corrected chi connectivity index (χ4v) is 3.93. The van der Waals surface area contributed by atoms with Crippen molar-refractivity contribution in [2.45, 2.75) is 29.9 Å². The molecule has 26 heavy (non-hydrogen) atoms. The number of hydrogen-bond donors (Lipinski definition) is 2. The molecule has 0 fully saturated rings. The highest BCUT2D eigenvalue weighted by atomic mass is 32.2. The van der Waals surface area contributed by atoms with Crippen LogP contribution in [0.1, 0.15) is 29.9 Å². The summed E-state index contributed by atoms with van der Waals surface area (Å²) in [5.41, 5.74) is 6.77. The van der Waals surface area contributed by atoms with Gasteiger partial charge in [-0.05, 0) is 38.1 Å². The van der Waals surface area contributed by atoms with Gasteiger partial charge in [-0.3, -0.25) is 14.4 Å². The fraction of sp³-hybridized carbons (Fsp3) is 0.294. The van der Waals surface area contributed by atoms with Crippen molar-refractivity contribution >= 4 is 46.6 Å². The topological polar surface area (TPSA) is 111 Å². The lowest BCUT2D eigenvalue weighted by Gasteiger charge is -2.10. The maximum Gasteiger partial charge on any atom is 0.311 e. The number of carbonyl (C=O) groups is 3.